The molecule has 0 fully saturated rings. The minimum Gasteiger partial charge on any atom is -0.306 e. The first-order valence-corrected chi connectivity index (χ1v) is 8.19. The van der Waals surface area contributed by atoms with Crippen LogP contribution in [0.3, 0.4) is 0 Å². The molecule has 0 saturated heterocycles. The molecule has 0 aliphatic rings. The molecule has 7 heteroatoms. The summed E-state index contributed by atoms with van der Waals surface area (Å²) >= 11 is -2.20. The lowest BCUT2D eigenvalue weighted by Crippen LogP contribution is -2.25. The van der Waals surface area contributed by atoms with E-state index in [-0.39, 0.29) is 0 Å². The molecule has 0 saturated carbocycles. The zero-order valence-corrected chi connectivity index (χ0v) is 11.1. The monoisotopic (exact) mass is 272 g/mol. The second kappa shape index (κ2) is 8.16. The molecule has 0 bridgehead atoms. The highest BCUT2D eigenvalue weighted by molar-refractivity contribution is 7.87. The lowest BCUT2D eigenvalue weighted by molar-refractivity contribution is 0.474. The summed E-state index contributed by atoms with van der Waals surface area (Å²) in [6.07, 6.45) is 5.27. The van der Waals surface area contributed by atoms with Crippen molar-refractivity contribution in [3.8, 4) is 0 Å². The molecule has 0 aliphatic heterocycles. The molecule has 2 N–H and O–H groups in total. The molecule has 2 atom stereocenters. The van der Waals surface area contributed by atoms with Crippen LogP contribution in [0.25, 0.3) is 0 Å². The Morgan fingerprint density at radius 3 is 2.19 bits per heavy atom. The van der Waals surface area contributed by atoms with E-state index < -0.39 is 32.2 Å². The Morgan fingerprint density at radius 2 is 1.75 bits per heavy atom. The highest BCUT2D eigenvalue weighted by atomic mass is 32.2. The second-order valence-electron chi connectivity index (χ2n) is 3.85. The number of hydrogen-bond acceptors (Lipinski definition) is 3. The highest BCUT2D eigenvalue weighted by Crippen LogP contribution is 2.11. The maximum Gasteiger partial charge on any atom is 0.266 e. The summed E-state index contributed by atoms with van der Waals surface area (Å²) in [7, 11) is -4.17. The van der Waals surface area contributed by atoms with E-state index in [0.717, 1.165) is 25.7 Å². The zero-order chi connectivity index (χ0) is 12.6. The summed E-state index contributed by atoms with van der Waals surface area (Å²) < 4.78 is 49.5. The van der Waals surface area contributed by atoms with Crippen molar-refractivity contribution in [2.24, 2.45) is 0 Å². The Hall–Kier alpha value is 0.0200. The van der Waals surface area contributed by atoms with Crippen molar-refractivity contribution < 1.29 is 21.7 Å². The van der Waals surface area contributed by atoms with Gasteiger partial charge in [-0.1, -0.05) is 39.0 Å². The van der Waals surface area contributed by atoms with Gasteiger partial charge in [-0.3, -0.25) is 4.55 Å². The van der Waals surface area contributed by atoms with E-state index >= 15 is 0 Å². The number of hydrogen-bond donors (Lipinski definition) is 2. The van der Waals surface area contributed by atoms with Crippen LogP contribution < -0.4 is 0 Å². The topological polar surface area (TPSA) is 91.7 Å². The molecule has 2 unspecified atom stereocenters. The smallest absolute Gasteiger partial charge is 0.266 e. The first-order chi connectivity index (χ1) is 7.37. The van der Waals surface area contributed by atoms with Crippen molar-refractivity contribution >= 4 is 21.2 Å². The largest absolute Gasteiger partial charge is 0.306 e. The third-order valence-corrected chi connectivity index (χ3v) is 4.32. The number of unbranched alkanes of at least 4 members (excludes halogenated alkanes) is 4. The van der Waals surface area contributed by atoms with Gasteiger partial charge < -0.3 is 4.55 Å². The first-order valence-electron chi connectivity index (χ1n) is 5.41. The van der Waals surface area contributed by atoms with Crippen LogP contribution in [0, 0.1) is 0 Å². The van der Waals surface area contributed by atoms with E-state index in [0.29, 0.717) is 12.8 Å². The standard InChI is InChI=1S/C9H20O5S2/c1-2-3-4-5-6-7-9(15(10)11)8-16(12,13)14/h9H,2-8H2,1H3,(H,10,11)(H,12,13,14). The van der Waals surface area contributed by atoms with Gasteiger partial charge in [0.25, 0.3) is 10.1 Å². The Balaban J connectivity index is 3.92. The van der Waals surface area contributed by atoms with E-state index in [4.69, 9.17) is 9.11 Å². The molecule has 98 valence electrons. The highest BCUT2D eigenvalue weighted by Gasteiger charge is 2.21. The second-order valence-corrected chi connectivity index (χ2v) is 6.57. The van der Waals surface area contributed by atoms with Gasteiger partial charge in [-0.15, -0.1) is 0 Å². The molecule has 0 aliphatic carbocycles. The predicted molar refractivity (Wildman–Crippen MR) is 64.4 cm³/mol. The van der Waals surface area contributed by atoms with Crippen molar-refractivity contribution in [2.75, 3.05) is 5.75 Å². The Kier molecular flexibility index (Phi) is 8.17. The van der Waals surface area contributed by atoms with Gasteiger partial charge in [0.1, 0.15) is 0 Å². The SMILES string of the molecule is CCCCCCCC(CS(=O)(=O)O)S(=O)O. The van der Waals surface area contributed by atoms with Gasteiger partial charge in [-0.05, 0) is 6.42 Å². The third kappa shape index (κ3) is 9.26. The summed E-state index contributed by atoms with van der Waals surface area (Å²) in [6.45, 7) is 2.09. The maximum atomic E-state index is 10.8. The Labute approximate surface area is 99.7 Å². The summed E-state index contributed by atoms with van der Waals surface area (Å²) in [5.74, 6) is -0.635. The normalized spacial score (nSPS) is 15.9. The molecule has 0 amide bonds. The molecule has 0 aromatic carbocycles. The molecular formula is C9H20O5S2. The molecule has 0 heterocycles. The van der Waals surface area contributed by atoms with Crippen molar-refractivity contribution in [2.45, 2.75) is 50.7 Å². The minimum absolute atomic E-state index is 0.354. The molecule has 0 aromatic rings. The number of rotatable bonds is 9. The van der Waals surface area contributed by atoms with E-state index in [9.17, 15) is 12.6 Å². The lowest BCUT2D eigenvalue weighted by Gasteiger charge is -2.10. The fraction of sp³-hybridized carbons (Fsp3) is 1.00. The van der Waals surface area contributed by atoms with Crippen LogP contribution in [-0.4, -0.2) is 32.7 Å². The lowest BCUT2D eigenvalue weighted by atomic mass is 10.1. The van der Waals surface area contributed by atoms with Crippen LogP contribution in [0.5, 0.6) is 0 Å². The minimum atomic E-state index is -4.17. The van der Waals surface area contributed by atoms with Crippen molar-refractivity contribution in [3.05, 3.63) is 0 Å². The predicted octanol–water partition coefficient (Wildman–Crippen LogP) is 1.83. The third-order valence-electron chi connectivity index (χ3n) is 2.31. The summed E-state index contributed by atoms with van der Waals surface area (Å²) in [4.78, 5) is 0. The summed E-state index contributed by atoms with van der Waals surface area (Å²) in [6, 6.07) is 0. The summed E-state index contributed by atoms with van der Waals surface area (Å²) in [5.41, 5.74) is 0. The maximum absolute atomic E-state index is 10.8. The van der Waals surface area contributed by atoms with Gasteiger partial charge in [0.05, 0.1) is 11.0 Å². The van der Waals surface area contributed by atoms with Crippen LogP contribution in [0.1, 0.15) is 45.4 Å². The first kappa shape index (κ1) is 16.0. The quantitative estimate of drug-likeness (QED) is 0.379. The zero-order valence-electron chi connectivity index (χ0n) is 9.46. The van der Waals surface area contributed by atoms with Gasteiger partial charge in [-0.25, -0.2) is 4.21 Å². The van der Waals surface area contributed by atoms with E-state index in [1.165, 1.54) is 0 Å². The molecular weight excluding hydrogens is 252 g/mol. The molecule has 5 nitrogen and oxygen atoms in total. The molecule has 0 spiro atoms. The average Bonchev–Trinajstić information content (AvgIpc) is 2.13. The van der Waals surface area contributed by atoms with Crippen LogP contribution in [0.4, 0.5) is 0 Å². The van der Waals surface area contributed by atoms with E-state index in [1.807, 2.05) is 0 Å². The van der Waals surface area contributed by atoms with Crippen LogP contribution in [0.2, 0.25) is 0 Å². The molecule has 0 aromatic heterocycles. The Morgan fingerprint density at radius 1 is 1.19 bits per heavy atom. The fourth-order valence-corrected chi connectivity index (χ4v) is 3.44. The van der Waals surface area contributed by atoms with E-state index in [1.54, 1.807) is 0 Å². The molecule has 16 heavy (non-hydrogen) atoms. The van der Waals surface area contributed by atoms with Crippen molar-refractivity contribution in [3.63, 3.8) is 0 Å². The van der Waals surface area contributed by atoms with Crippen molar-refractivity contribution in [1.82, 2.24) is 0 Å². The fourth-order valence-electron chi connectivity index (χ4n) is 1.45. The van der Waals surface area contributed by atoms with Gasteiger partial charge in [-0.2, -0.15) is 8.42 Å². The Bertz CT molecular complexity index is 299. The van der Waals surface area contributed by atoms with E-state index in [2.05, 4.69) is 6.92 Å². The van der Waals surface area contributed by atoms with Crippen LogP contribution in [-0.2, 0) is 21.2 Å². The van der Waals surface area contributed by atoms with Crippen LogP contribution >= 0.6 is 0 Å². The van der Waals surface area contributed by atoms with Gasteiger partial charge in [0.2, 0.25) is 0 Å². The van der Waals surface area contributed by atoms with Crippen LogP contribution in [0.15, 0.2) is 0 Å². The van der Waals surface area contributed by atoms with Gasteiger partial charge in [0.15, 0.2) is 11.1 Å². The van der Waals surface area contributed by atoms with Gasteiger partial charge in [0, 0.05) is 0 Å². The summed E-state index contributed by atoms with van der Waals surface area (Å²) in [5, 5.41) is -0.878. The van der Waals surface area contributed by atoms with Crippen molar-refractivity contribution in [1.29, 1.82) is 0 Å². The average molecular weight is 272 g/mol. The molecule has 0 radical (unpaired) electrons. The molecule has 0 rings (SSSR count). The van der Waals surface area contributed by atoms with Gasteiger partial charge >= 0.3 is 0 Å².